The van der Waals surface area contributed by atoms with Crippen LogP contribution in [0, 0.1) is 13.8 Å². The molecule has 7 nitrogen and oxygen atoms in total. The Morgan fingerprint density at radius 3 is 2.13 bits per heavy atom. The number of carbonyl (C=O) groups is 2. The molecule has 0 spiro atoms. The van der Waals surface area contributed by atoms with Crippen molar-refractivity contribution in [3.05, 3.63) is 99.0 Å². The number of ether oxygens (including phenoxy) is 2. The molecule has 8 heteroatoms. The van der Waals surface area contributed by atoms with Crippen LogP contribution in [-0.4, -0.2) is 39.7 Å². The van der Waals surface area contributed by atoms with Crippen LogP contribution in [0.25, 0.3) is 16.7 Å². The zero-order valence-electron chi connectivity index (χ0n) is 22.9. The molecule has 0 radical (unpaired) electrons. The van der Waals surface area contributed by atoms with Gasteiger partial charge in [0.1, 0.15) is 11.3 Å². The van der Waals surface area contributed by atoms with Gasteiger partial charge in [-0.2, -0.15) is 0 Å². The number of imidazole rings is 1. The smallest absolute Gasteiger partial charge is 0.346 e. The second-order valence-electron chi connectivity index (χ2n) is 9.09. The van der Waals surface area contributed by atoms with E-state index in [9.17, 15) is 9.59 Å². The number of halogens is 1. The molecule has 202 valence electrons. The molecule has 0 aliphatic carbocycles. The third-order valence-corrected chi connectivity index (χ3v) is 6.68. The first kappa shape index (κ1) is 28.0. The molecular formula is C31H32ClN3O4. The molecule has 0 amide bonds. The number of aryl methyl sites for hydroxylation is 3. The summed E-state index contributed by atoms with van der Waals surface area (Å²) >= 11 is 6.56. The van der Waals surface area contributed by atoms with Crippen LogP contribution < -0.4 is 0 Å². The van der Waals surface area contributed by atoms with Crippen LogP contribution in [0.3, 0.4) is 0 Å². The highest BCUT2D eigenvalue weighted by atomic mass is 35.5. The lowest BCUT2D eigenvalue weighted by Crippen LogP contribution is -2.21. The van der Waals surface area contributed by atoms with Crippen molar-refractivity contribution < 1.29 is 19.1 Å². The van der Waals surface area contributed by atoms with Crippen molar-refractivity contribution in [1.29, 1.82) is 0 Å². The van der Waals surface area contributed by atoms with Gasteiger partial charge in [-0.3, -0.25) is 0 Å². The summed E-state index contributed by atoms with van der Waals surface area (Å²) in [7, 11) is 0. The van der Waals surface area contributed by atoms with E-state index in [4.69, 9.17) is 31.0 Å². The summed E-state index contributed by atoms with van der Waals surface area (Å²) < 4.78 is 12.7. The number of nitrogens with zero attached hydrogens (tertiary/aromatic N) is 3. The minimum Gasteiger partial charge on any atom is -0.462 e. The Bertz CT molecular complexity index is 1530. The second kappa shape index (κ2) is 12.3. The van der Waals surface area contributed by atoms with Gasteiger partial charge < -0.3 is 14.0 Å². The highest BCUT2D eigenvalue weighted by molar-refractivity contribution is 6.33. The number of hydrogen-bond donors (Lipinski definition) is 0. The van der Waals surface area contributed by atoms with Crippen molar-refractivity contribution >= 4 is 40.3 Å². The zero-order valence-corrected chi connectivity index (χ0v) is 23.6. The monoisotopic (exact) mass is 545 g/mol. The fourth-order valence-corrected chi connectivity index (χ4v) is 4.87. The molecule has 0 bridgehead atoms. The Kier molecular flexibility index (Phi) is 8.82. The third kappa shape index (κ3) is 5.88. The van der Waals surface area contributed by atoms with Gasteiger partial charge in [0.2, 0.25) is 0 Å². The lowest BCUT2D eigenvalue weighted by atomic mass is 9.92. The number of hydrogen-bond acceptors (Lipinski definition) is 6. The van der Waals surface area contributed by atoms with Crippen molar-refractivity contribution in [2.75, 3.05) is 13.2 Å². The molecule has 0 N–H and O–H groups in total. The van der Waals surface area contributed by atoms with E-state index in [0.717, 1.165) is 40.2 Å². The molecule has 2 aromatic heterocycles. The van der Waals surface area contributed by atoms with Gasteiger partial charge in [0.15, 0.2) is 11.2 Å². The fraction of sp³-hybridized carbons (Fsp3) is 0.290. The summed E-state index contributed by atoms with van der Waals surface area (Å²) in [5, 5.41) is 0.400. The van der Waals surface area contributed by atoms with Crippen molar-refractivity contribution in [3.8, 4) is 0 Å². The molecule has 2 aromatic carbocycles. The highest BCUT2D eigenvalue weighted by Gasteiger charge is 2.28. The predicted octanol–water partition coefficient (Wildman–Crippen LogP) is 6.24. The molecule has 0 saturated carbocycles. The maximum Gasteiger partial charge on any atom is 0.346 e. The molecule has 2 heterocycles. The molecule has 39 heavy (non-hydrogen) atoms. The average Bonchev–Trinajstić information content (AvgIpc) is 3.26. The van der Waals surface area contributed by atoms with Crippen LogP contribution >= 0.6 is 11.6 Å². The van der Waals surface area contributed by atoms with E-state index < -0.39 is 11.9 Å². The van der Waals surface area contributed by atoms with Gasteiger partial charge in [-0.05, 0) is 56.5 Å². The molecule has 0 saturated heterocycles. The van der Waals surface area contributed by atoms with E-state index >= 15 is 0 Å². The van der Waals surface area contributed by atoms with Gasteiger partial charge in [0.25, 0.3) is 0 Å². The van der Waals surface area contributed by atoms with Crippen molar-refractivity contribution in [2.24, 2.45) is 0 Å². The highest BCUT2D eigenvalue weighted by Crippen LogP contribution is 2.33. The van der Waals surface area contributed by atoms with Gasteiger partial charge in [0, 0.05) is 28.3 Å². The Morgan fingerprint density at radius 2 is 1.54 bits per heavy atom. The quantitative estimate of drug-likeness (QED) is 0.107. The molecule has 0 atom stereocenters. The summed E-state index contributed by atoms with van der Waals surface area (Å²) in [6.45, 7) is 10.3. The van der Waals surface area contributed by atoms with Gasteiger partial charge in [-0.1, -0.05) is 61.0 Å². The predicted molar refractivity (Wildman–Crippen MR) is 153 cm³/mol. The van der Waals surface area contributed by atoms with E-state index in [1.807, 2.05) is 37.3 Å². The molecule has 4 aromatic rings. The Labute approximate surface area is 233 Å². The van der Waals surface area contributed by atoms with Crippen molar-refractivity contribution in [2.45, 2.75) is 47.6 Å². The number of benzene rings is 2. The van der Waals surface area contributed by atoms with Gasteiger partial charge in [0.05, 0.1) is 19.8 Å². The molecule has 4 rings (SSSR count). The van der Waals surface area contributed by atoms with Crippen LogP contribution in [0.15, 0.2) is 60.2 Å². The summed E-state index contributed by atoms with van der Waals surface area (Å²) in [5.41, 5.74) is 6.17. The first-order valence-electron chi connectivity index (χ1n) is 13.0. The standard InChI is InChI=1S/C31H32ClN3O4/c1-6-25-34-28-19(4)17-20(5)33-29(28)35(25)18-21-13-15-22(16-14-21)26(23-11-9-10-12-24(23)32)27(30(36)38-7-2)31(37)39-8-3/h9-17H,6-8,18H2,1-5H3. The summed E-state index contributed by atoms with van der Waals surface area (Å²) in [6, 6.07) is 16.8. The maximum atomic E-state index is 13.0. The first-order valence-corrected chi connectivity index (χ1v) is 13.4. The van der Waals surface area contributed by atoms with Crippen LogP contribution in [0.2, 0.25) is 5.02 Å². The Balaban J connectivity index is 1.83. The minimum atomic E-state index is -0.760. The number of carbonyl (C=O) groups excluding carboxylic acids is 2. The summed E-state index contributed by atoms with van der Waals surface area (Å²) in [6.07, 6.45) is 0.773. The fourth-order valence-electron chi connectivity index (χ4n) is 4.64. The second-order valence-corrected chi connectivity index (χ2v) is 9.50. The summed E-state index contributed by atoms with van der Waals surface area (Å²) in [5.74, 6) is -0.563. The Hall–Kier alpha value is -3.97. The van der Waals surface area contributed by atoms with Gasteiger partial charge >= 0.3 is 11.9 Å². The van der Waals surface area contributed by atoms with E-state index in [1.54, 1.807) is 38.1 Å². The van der Waals surface area contributed by atoms with Crippen LogP contribution in [-0.2, 0) is 32.0 Å². The molecule has 0 aliphatic heterocycles. The van der Waals surface area contributed by atoms with Crippen LogP contribution in [0.1, 0.15) is 54.5 Å². The molecular weight excluding hydrogens is 514 g/mol. The third-order valence-electron chi connectivity index (χ3n) is 6.35. The Morgan fingerprint density at radius 1 is 0.897 bits per heavy atom. The molecule has 0 fully saturated rings. The molecule has 0 aliphatic rings. The van der Waals surface area contributed by atoms with Gasteiger partial charge in [-0.15, -0.1) is 0 Å². The molecule has 0 unspecified atom stereocenters. The minimum absolute atomic E-state index is 0.113. The van der Waals surface area contributed by atoms with E-state index in [0.29, 0.717) is 28.3 Å². The number of fused-ring (bicyclic) bond motifs is 1. The number of pyridine rings is 1. The van der Waals surface area contributed by atoms with Crippen LogP contribution in [0.4, 0.5) is 0 Å². The SMILES string of the molecule is CCOC(=O)C(C(=O)OCC)=C(c1ccc(Cn2c(CC)nc3c(C)cc(C)nc32)cc1)c1ccccc1Cl. The van der Waals surface area contributed by atoms with Crippen molar-refractivity contribution in [3.63, 3.8) is 0 Å². The van der Waals surface area contributed by atoms with Crippen LogP contribution in [0.5, 0.6) is 0 Å². The summed E-state index contributed by atoms with van der Waals surface area (Å²) in [4.78, 5) is 35.7. The zero-order chi connectivity index (χ0) is 28.1. The lowest BCUT2D eigenvalue weighted by molar-refractivity contribution is -0.146. The maximum absolute atomic E-state index is 13.0. The first-order chi connectivity index (χ1) is 18.8. The van der Waals surface area contributed by atoms with E-state index in [2.05, 4.69) is 18.4 Å². The van der Waals surface area contributed by atoms with Crippen molar-refractivity contribution in [1.82, 2.24) is 14.5 Å². The number of esters is 2. The van der Waals surface area contributed by atoms with E-state index in [1.165, 1.54) is 0 Å². The normalized spacial score (nSPS) is 10.9. The number of aromatic nitrogens is 3. The topological polar surface area (TPSA) is 83.3 Å². The largest absolute Gasteiger partial charge is 0.462 e. The van der Waals surface area contributed by atoms with E-state index in [-0.39, 0.29) is 18.8 Å². The van der Waals surface area contributed by atoms with Gasteiger partial charge in [-0.25, -0.2) is 19.6 Å². The lowest BCUT2D eigenvalue weighted by Gasteiger charge is -2.16. The number of rotatable bonds is 9. The average molecular weight is 546 g/mol.